The van der Waals surface area contributed by atoms with E-state index in [1.54, 1.807) is 0 Å². The number of rotatable bonds is 1. The van der Waals surface area contributed by atoms with Crippen LogP contribution in [0.1, 0.15) is 71.1 Å². The molecule has 0 aromatic heterocycles. The Hall–Kier alpha value is -0.370. The van der Waals surface area contributed by atoms with Crippen molar-refractivity contribution in [3.8, 4) is 0 Å². The fourth-order valence-electron chi connectivity index (χ4n) is 6.20. The Morgan fingerprint density at radius 2 is 1.45 bits per heavy atom. The topological polar surface area (TPSA) is 20.3 Å². The van der Waals surface area contributed by atoms with Crippen molar-refractivity contribution in [1.82, 2.24) is 4.90 Å². The molecule has 4 fully saturated rings. The van der Waals surface area contributed by atoms with Crippen molar-refractivity contribution in [2.45, 2.75) is 89.3 Å². The zero-order chi connectivity index (χ0) is 13.7. The van der Waals surface area contributed by atoms with Crippen molar-refractivity contribution in [2.75, 3.05) is 0 Å². The lowest BCUT2D eigenvalue weighted by atomic mass is 9.65. The van der Waals surface area contributed by atoms with Crippen LogP contribution in [-0.4, -0.2) is 28.8 Å². The molecule has 2 heterocycles. The lowest BCUT2D eigenvalue weighted by molar-refractivity contribution is -0.130. The van der Waals surface area contributed by atoms with Crippen LogP contribution in [0.25, 0.3) is 0 Å². The Balaban J connectivity index is 1.51. The van der Waals surface area contributed by atoms with Gasteiger partial charge in [0.25, 0.3) is 0 Å². The highest BCUT2D eigenvalue weighted by Crippen LogP contribution is 2.46. The summed E-state index contributed by atoms with van der Waals surface area (Å²) in [5, 5.41) is 0. The first-order valence-corrected chi connectivity index (χ1v) is 8.98. The summed E-state index contributed by atoms with van der Waals surface area (Å²) in [6.07, 6.45) is 12.9. The van der Waals surface area contributed by atoms with Crippen LogP contribution in [0.4, 0.5) is 0 Å². The number of carbonyl (C=O) groups is 1. The summed E-state index contributed by atoms with van der Waals surface area (Å²) >= 11 is 0. The molecule has 0 aromatic rings. The van der Waals surface area contributed by atoms with Gasteiger partial charge in [-0.2, -0.15) is 0 Å². The molecule has 112 valence electrons. The molecule has 4 rings (SSSR count). The Labute approximate surface area is 123 Å². The molecule has 0 N–H and O–H groups in total. The Morgan fingerprint density at radius 1 is 0.850 bits per heavy atom. The van der Waals surface area contributed by atoms with Gasteiger partial charge < -0.3 is 0 Å². The maximum absolute atomic E-state index is 11.9. The second-order valence-electron chi connectivity index (χ2n) is 8.30. The van der Waals surface area contributed by atoms with Crippen LogP contribution >= 0.6 is 0 Å². The summed E-state index contributed by atoms with van der Waals surface area (Å²) in [5.41, 5.74) is 0. The number of nitrogens with zero attached hydrogens (tertiary/aromatic N) is 1. The van der Waals surface area contributed by atoms with Gasteiger partial charge in [0.1, 0.15) is 5.78 Å². The van der Waals surface area contributed by atoms with Crippen molar-refractivity contribution in [1.29, 1.82) is 0 Å². The molecule has 0 radical (unpaired) electrons. The van der Waals surface area contributed by atoms with E-state index in [9.17, 15) is 4.79 Å². The third kappa shape index (κ3) is 2.34. The number of hydrogen-bond acceptors (Lipinski definition) is 2. The smallest absolute Gasteiger partial charge is 0.136 e. The van der Waals surface area contributed by atoms with Crippen molar-refractivity contribution < 1.29 is 4.79 Å². The van der Waals surface area contributed by atoms with Crippen LogP contribution in [0.5, 0.6) is 0 Å². The Kier molecular flexibility index (Phi) is 3.41. The SMILES string of the molecule is C[C@H]1C[C@H]2CC(N3[C@@H]4CCC[C@H]3CC(=O)C4)C[C@@H](C1)C2. The van der Waals surface area contributed by atoms with E-state index in [2.05, 4.69) is 11.8 Å². The fourth-order valence-corrected chi connectivity index (χ4v) is 6.20. The number of piperidine rings is 2. The van der Waals surface area contributed by atoms with Gasteiger partial charge in [-0.15, -0.1) is 0 Å². The van der Waals surface area contributed by atoms with Gasteiger partial charge >= 0.3 is 0 Å². The predicted molar refractivity (Wildman–Crippen MR) is 80.5 cm³/mol. The second-order valence-corrected chi connectivity index (χ2v) is 8.30. The molecular weight excluding hydrogens is 246 g/mol. The van der Waals surface area contributed by atoms with Gasteiger partial charge in [-0.05, 0) is 62.7 Å². The molecule has 4 bridgehead atoms. The molecule has 2 saturated carbocycles. The monoisotopic (exact) mass is 275 g/mol. The number of carbonyl (C=O) groups excluding carboxylic acids is 1. The minimum Gasteiger partial charge on any atom is -0.300 e. The summed E-state index contributed by atoms with van der Waals surface area (Å²) < 4.78 is 0. The summed E-state index contributed by atoms with van der Waals surface area (Å²) in [6, 6.07) is 2.03. The minimum absolute atomic E-state index is 0.542. The van der Waals surface area contributed by atoms with Gasteiger partial charge in [-0.3, -0.25) is 9.69 Å². The summed E-state index contributed by atoms with van der Waals surface area (Å²) in [6.45, 7) is 2.45. The van der Waals surface area contributed by atoms with Gasteiger partial charge in [0.05, 0.1) is 0 Å². The zero-order valence-electron chi connectivity index (χ0n) is 12.9. The van der Waals surface area contributed by atoms with Crippen LogP contribution in [0, 0.1) is 17.8 Å². The van der Waals surface area contributed by atoms with E-state index in [0.29, 0.717) is 17.9 Å². The summed E-state index contributed by atoms with van der Waals surface area (Å²) in [7, 11) is 0. The molecule has 2 nitrogen and oxygen atoms in total. The normalized spacial score (nSPS) is 49.1. The van der Waals surface area contributed by atoms with Crippen molar-refractivity contribution >= 4 is 5.78 Å². The quantitative estimate of drug-likeness (QED) is 0.725. The lowest BCUT2D eigenvalue weighted by Gasteiger charge is -2.53. The average molecular weight is 275 g/mol. The molecule has 2 heteroatoms. The largest absolute Gasteiger partial charge is 0.300 e. The highest BCUT2D eigenvalue weighted by atomic mass is 16.1. The van der Waals surface area contributed by atoms with E-state index in [1.807, 2.05) is 0 Å². The van der Waals surface area contributed by atoms with Crippen LogP contribution in [0.3, 0.4) is 0 Å². The second kappa shape index (κ2) is 5.12. The molecule has 4 aliphatic rings. The van der Waals surface area contributed by atoms with Crippen LogP contribution in [0.15, 0.2) is 0 Å². The van der Waals surface area contributed by atoms with E-state index in [0.717, 1.165) is 36.6 Å². The van der Waals surface area contributed by atoms with E-state index in [1.165, 1.54) is 51.4 Å². The van der Waals surface area contributed by atoms with E-state index < -0.39 is 0 Å². The predicted octanol–water partition coefficient (Wildman–Crippen LogP) is 3.79. The van der Waals surface area contributed by atoms with E-state index in [4.69, 9.17) is 0 Å². The highest BCUT2D eigenvalue weighted by Gasteiger charge is 2.44. The third-order valence-corrected chi connectivity index (χ3v) is 6.62. The molecule has 0 spiro atoms. The number of fused-ring (bicyclic) bond motifs is 4. The maximum atomic E-state index is 11.9. The zero-order valence-corrected chi connectivity index (χ0v) is 12.9. The summed E-state index contributed by atoms with van der Waals surface area (Å²) in [5.74, 6) is 3.48. The molecular formula is C18H29NO. The molecule has 6 atom stereocenters. The number of ketones is 1. The van der Waals surface area contributed by atoms with Crippen LogP contribution in [0.2, 0.25) is 0 Å². The third-order valence-electron chi connectivity index (χ3n) is 6.62. The van der Waals surface area contributed by atoms with E-state index >= 15 is 0 Å². The van der Waals surface area contributed by atoms with E-state index in [-0.39, 0.29) is 0 Å². The Bertz CT molecular complexity index is 359. The van der Waals surface area contributed by atoms with Gasteiger partial charge in [0, 0.05) is 31.0 Å². The van der Waals surface area contributed by atoms with Crippen molar-refractivity contribution in [2.24, 2.45) is 17.8 Å². The number of Topliss-reactive ketones (excluding diaryl/α,β-unsaturated/α-hetero) is 1. The molecule has 1 unspecified atom stereocenters. The van der Waals surface area contributed by atoms with Crippen LogP contribution < -0.4 is 0 Å². The van der Waals surface area contributed by atoms with Crippen molar-refractivity contribution in [3.05, 3.63) is 0 Å². The summed E-state index contributed by atoms with van der Waals surface area (Å²) in [4.78, 5) is 14.8. The molecule has 2 saturated heterocycles. The molecule has 0 amide bonds. The van der Waals surface area contributed by atoms with Gasteiger partial charge in [0.2, 0.25) is 0 Å². The minimum atomic E-state index is 0.542. The van der Waals surface area contributed by atoms with Crippen LogP contribution in [-0.2, 0) is 4.79 Å². The van der Waals surface area contributed by atoms with Gasteiger partial charge in [0.15, 0.2) is 0 Å². The number of hydrogen-bond donors (Lipinski definition) is 0. The average Bonchev–Trinajstić information content (AvgIpc) is 2.35. The van der Waals surface area contributed by atoms with Gasteiger partial charge in [-0.1, -0.05) is 13.3 Å². The lowest BCUT2D eigenvalue weighted by Crippen LogP contribution is -2.58. The molecule has 0 aromatic carbocycles. The highest BCUT2D eigenvalue weighted by molar-refractivity contribution is 5.80. The Morgan fingerprint density at radius 3 is 2.05 bits per heavy atom. The standard InChI is InChI=1S/C18H29NO/c1-12-5-13-7-14(6-12)9-17(8-13)19-15-3-2-4-16(19)11-18(20)10-15/h12-17H,2-11H2,1H3/t12-,13+,14-,15-,16+,17?. The van der Waals surface area contributed by atoms with Crippen molar-refractivity contribution in [3.63, 3.8) is 0 Å². The molecule has 2 aliphatic heterocycles. The first-order chi connectivity index (χ1) is 9.69. The first kappa shape index (κ1) is 13.3. The molecule has 20 heavy (non-hydrogen) atoms. The first-order valence-electron chi connectivity index (χ1n) is 8.98. The fraction of sp³-hybridized carbons (Fsp3) is 0.944. The maximum Gasteiger partial charge on any atom is 0.136 e. The van der Waals surface area contributed by atoms with Gasteiger partial charge in [-0.25, -0.2) is 0 Å². The molecule has 2 aliphatic carbocycles.